The molecule has 2 amide bonds. The molecule has 3 heterocycles. The number of nitrogens with two attached hydrogens (primary N) is 1. The summed E-state index contributed by atoms with van der Waals surface area (Å²) >= 11 is 0. The third-order valence-corrected chi connectivity index (χ3v) is 7.36. The van der Waals surface area contributed by atoms with Crippen molar-refractivity contribution in [3.63, 3.8) is 0 Å². The highest BCUT2D eigenvalue weighted by atomic mass is 19.1. The number of anilines is 3. The van der Waals surface area contributed by atoms with Gasteiger partial charge in [-0.2, -0.15) is 9.97 Å². The van der Waals surface area contributed by atoms with Gasteiger partial charge in [0, 0.05) is 82.8 Å². The summed E-state index contributed by atoms with van der Waals surface area (Å²) in [5.41, 5.74) is 11.3. The first-order valence-corrected chi connectivity index (χ1v) is 13.4. The van der Waals surface area contributed by atoms with Gasteiger partial charge < -0.3 is 35.5 Å². The van der Waals surface area contributed by atoms with Gasteiger partial charge in [0.25, 0.3) is 5.91 Å². The van der Waals surface area contributed by atoms with Gasteiger partial charge >= 0.3 is 6.01 Å². The molecule has 1 aromatic heterocycles. The summed E-state index contributed by atoms with van der Waals surface area (Å²) in [6.07, 6.45) is 2.76. The average molecular weight is 553 g/mol. The molecule has 0 aliphatic carbocycles. The Morgan fingerprint density at radius 2 is 1.82 bits per heavy atom. The van der Waals surface area contributed by atoms with Crippen molar-refractivity contribution in [3.05, 3.63) is 46.9 Å². The topological polar surface area (TPSA) is 132 Å². The summed E-state index contributed by atoms with van der Waals surface area (Å²) in [6, 6.07) is 3.99. The molecule has 12 heteroatoms. The van der Waals surface area contributed by atoms with Crippen LogP contribution in [0.15, 0.2) is 24.5 Å². The number of aromatic nitrogens is 2. The van der Waals surface area contributed by atoms with E-state index >= 15 is 0 Å². The molecule has 0 spiro atoms. The van der Waals surface area contributed by atoms with Crippen molar-refractivity contribution in [2.24, 2.45) is 0 Å². The number of hydrogen-bond acceptors (Lipinski definition) is 9. The third-order valence-electron chi connectivity index (χ3n) is 7.36. The van der Waals surface area contributed by atoms with E-state index in [1.165, 1.54) is 16.0 Å². The monoisotopic (exact) mass is 552 g/mol. The number of amides is 2. The Bertz CT molecular complexity index is 1310. The van der Waals surface area contributed by atoms with Crippen LogP contribution in [0.4, 0.5) is 21.6 Å². The largest absolute Gasteiger partial charge is 0.463 e. The molecule has 1 saturated heterocycles. The molecule has 0 atom stereocenters. The van der Waals surface area contributed by atoms with Crippen LogP contribution in [0.1, 0.15) is 28.8 Å². The number of carbonyl (C=O) groups is 2. The molecule has 0 radical (unpaired) electrons. The predicted molar refractivity (Wildman–Crippen MR) is 153 cm³/mol. The fourth-order valence-electron chi connectivity index (χ4n) is 5.16. The Hall–Kier alpha value is -4.22. The number of aryl methyl sites for hydroxylation is 1. The minimum atomic E-state index is -0.964. The first-order valence-electron chi connectivity index (χ1n) is 13.4. The molecule has 214 valence electrons. The van der Waals surface area contributed by atoms with E-state index in [4.69, 9.17) is 25.8 Å². The number of fused-ring (bicyclic) bond motifs is 1. The molecule has 0 unspecified atom stereocenters. The van der Waals surface area contributed by atoms with Crippen molar-refractivity contribution in [2.45, 2.75) is 26.2 Å². The molecular formula is C28H37FN8O3. The first kappa shape index (κ1) is 28.8. The fraction of sp³-hybridized carbons (Fsp3) is 0.464. The SMILES string of the molecule is C=C(F)C(=O)N1CCN(c2nc(OCCC(=O)N(C)C)nc3c2CCN(c2c(C)ccc(N)c2C=N)CC3)CC1. The van der Waals surface area contributed by atoms with E-state index in [0.29, 0.717) is 63.4 Å². The molecule has 2 aliphatic heterocycles. The lowest BCUT2D eigenvalue weighted by Gasteiger charge is -2.36. The zero-order valence-corrected chi connectivity index (χ0v) is 23.4. The second-order valence-electron chi connectivity index (χ2n) is 10.2. The molecule has 11 nitrogen and oxygen atoms in total. The highest BCUT2D eigenvalue weighted by Gasteiger charge is 2.29. The number of piperazine rings is 1. The molecule has 1 aromatic carbocycles. The van der Waals surface area contributed by atoms with Crippen molar-refractivity contribution >= 4 is 35.2 Å². The number of nitrogens with one attached hydrogen (secondary N) is 1. The van der Waals surface area contributed by atoms with Crippen molar-refractivity contribution < 1.29 is 18.7 Å². The second kappa shape index (κ2) is 12.3. The zero-order valence-electron chi connectivity index (χ0n) is 23.4. The summed E-state index contributed by atoms with van der Waals surface area (Å²) in [6.45, 7) is 8.24. The molecule has 0 saturated carbocycles. The summed E-state index contributed by atoms with van der Waals surface area (Å²) in [7, 11) is 3.39. The van der Waals surface area contributed by atoms with Crippen LogP contribution < -0.4 is 20.3 Å². The zero-order chi connectivity index (χ0) is 29.0. The van der Waals surface area contributed by atoms with Crippen LogP contribution in [-0.2, 0) is 22.4 Å². The smallest absolute Gasteiger partial charge is 0.318 e. The lowest BCUT2D eigenvalue weighted by atomic mass is 10.0. The Kier molecular flexibility index (Phi) is 8.86. The van der Waals surface area contributed by atoms with E-state index in [0.717, 1.165) is 28.3 Å². The molecule has 4 rings (SSSR count). The van der Waals surface area contributed by atoms with Crippen LogP contribution in [0.3, 0.4) is 0 Å². The van der Waals surface area contributed by atoms with Gasteiger partial charge in [-0.1, -0.05) is 12.6 Å². The number of nitrogens with zero attached hydrogens (tertiary/aromatic N) is 6. The summed E-state index contributed by atoms with van der Waals surface area (Å²) in [5.74, 6) is -0.983. The number of rotatable bonds is 8. The van der Waals surface area contributed by atoms with E-state index in [-0.39, 0.29) is 24.9 Å². The van der Waals surface area contributed by atoms with Crippen molar-refractivity contribution in [1.82, 2.24) is 19.8 Å². The molecule has 2 aromatic rings. The van der Waals surface area contributed by atoms with Crippen LogP contribution in [0.2, 0.25) is 0 Å². The maximum atomic E-state index is 13.4. The quantitative estimate of drug-likeness (QED) is 0.289. The highest BCUT2D eigenvalue weighted by molar-refractivity contribution is 5.94. The van der Waals surface area contributed by atoms with Crippen LogP contribution in [0.5, 0.6) is 6.01 Å². The Balaban J connectivity index is 1.62. The molecule has 3 N–H and O–H groups in total. The Labute approximate surface area is 233 Å². The number of hydrogen-bond donors (Lipinski definition) is 2. The number of halogens is 1. The number of ether oxygens (including phenoxy) is 1. The third kappa shape index (κ3) is 6.16. The van der Waals surface area contributed by atoms with E-state index < -0.39 is 11.7 Å². The van der Waals surface area contributed by atoms with Crippen molar-refractivity contribution in [3.8, 4) is 6.01 Å². The minimum absolute atomic E-state index is 0.0552. The lowest BCUT2D eigenvalue weighted by molar-refractivity contribution is -0.129. The van der Waals surface area contributed by atoms with E-state index in [1.807, 2.05) is 19.1 Å². The normalized spacial score (nSPS) is 15.2. The maximum Gasteiger partial charge on any atom is 0.318 e. The van der Waals surface area contributed by atoms with Gasteiger partial charge in [0.15, 0.2) is 5.83 Å². The van der Waals surface area contributed by atoms with Crippen LogP contribution in [-0.4, -0.2) is 97.8 Å². The molecule has 0 bridgehead atoms. The predicted octanol–water partition coefficient (Wildman–Crippen LogP) is 1.96. The molecule has 2 aliphatic rings. The Morgan fingerprint density at radius 3 is 2.48 bits per heavy atom. The Morgan fingerprint density at radius 1 is 1.12 bits per heavy atom. The van der Waals surface area contributed by atoms with Crippen molar-refractivity contribution in [2.75, 3.05) is 75.5 Å². The fourth-order valence-corrected chi connectivity index (χ4v) is 5.16. The van der Waals surface area contributed by atoms with Gasteiger partial charge in [0.05, 0.1) is 17.8 Å². The van der Waals surface area contributed by atoms with E-state index in [2.05, 4.69) is 16.4 Å². The summed E-state index contributed by atoms with van der Waals surface area (Å²) < 4.78 is 19.3. The van der Waals surface area contributed by atoms with Gasteiger partial charge in [-0.25, -0.2) is 4.39 Å². The first-order chi connectivity index (χ1) is 19.1. The van der Waals surface area contributed by atoms with Crippen LogP contribution in [0.25, 0.3) is 0 Å². The highest BCUT2D eigenvalue weighted by Crippen LogP contribution is 2.33. The standard InChI is InChI=1S/C28H37FN8O3/c1-18-5-6-22(31)21(17-30)25(18)35-10-7-20-23(8-11-35)32-28(40-16-9-24(38)34(3)4)33-26(20)36-12-14-37(15-13-36)27(39)19(2)29/h5-6,17,30H,2,7-16,31H2,1,3-4H3. The van der Waals surface area contributed by atoms with E-state index in [9.17, 15) is 14.0 Å². The minimum Gasteiger partial charge on any atom is -0.463 e. The van der Waals surface area contributed by atoms with Gasteiger partial charge in [-0.15, -0.1) is 0 Å². The summed E-state index contributed by atoms with van der Waals surface area (Å²) in [5, 5.41) is 7.95. The second-order valence-corrected chi connectivity index (χ2v) is 10.2. The van der Waals surface area contributed by atoms with Crippen LogP contribution >= 0.6 is 0 Å². The number of nitrogen functional groups attached to an aromatic ring is 1. The average Bonchev–Trinajstić information content (AvgIpc) is 3.15. The van der Waals surface area contributed by atoms with Gasteiger partial charge in [0.1, 0.15) is 12.4 Å². The van der Waals surface area contributed by atoms with E-state index in [1.54, 1.807) is 14.1 Å². The maximum absolute atomic E-state index is 13.4. The molecular weight excluding hydrogens is 515 g/mol. The van der Waals surface area contributed by atoms with Crippen molar-refractivity contribution in [1.29, 1.82) is 5.41 Å². The lowest BCUT2D eigenvalue weighted by Crippen LogP contribution is -2.49. The van der Waals surface area contributed by atoms with Crippen LogP contribution in [0, 0.1) is 12.3 Å². The number of carbonyl (C=O) groups excluding carboxylic acids is 2. The number of benzene rings is 1. The molecule has 1 fully saturated rings. The van der Waals surface area contributed by atoms with Gasteiger partial charge in [0.2, 0.25) is 5.91 Å². The van der Waals surface area contributed by atoms with Gasteiger partial charge in [-0.3, -0.25) is 9.59 Å². The van der Waals surface area contributed by atoms with Gasteiger partial charge in [-0.05, 0) is 25.0 Å². The molecule has 40 heavy (non-hydrogen) atoms. The summed E-state index contributed by atoms with van der Waals surface area (Å²) in [4.78, 5) is 40.9.